The first-order valence-electron chi connectivity index (χ1n) is 3.60. The van der Waals surface area contributed by atoms with Gasteiger partial charge in [-0.25, -0.2) is 0 Å². The van der Waals surface area contributed by atoms with Crippen molar-refractivity contribution in [2.45, 2.75) is 26.2 Å². The van der Waals surface area contributed by atoms with Crippen molar-refractivity contribution in [3.63, 3.8) is 0 Å². The molecule has 0 fully saturated rings. The zero-order chi connectivity index (χ0) is 8.48. The molecule has 0 amide bonds. The van der Waals surface area contributed by atoms with Gasteiger partial charge >= 0.3 is 0 Å². The van der Waals surface area contributed by atoms with Gasteiger partial charge in [-0.05, 0) is 21.6 Å². The summed E-state index contributed by atoms with van der Waals surface area (Å²) in [5, 5.41) is 6.95. The van der Waals surface area contributed by atoms with E-state index in [1.165, 1.54) is 0 Å². The van der Waals surface area contributed by atoms with Crippen LogP contribution in [0.15, 0.2) is 5.38 Å². The third kappa shape index (κ3) is 1.93. The highest BCUT2D eigenvalue weighted by molar-refractivity contribution is 7.14. The SMILES string of the molecule is C[N-]c1nc(C(C)(C)C)cs1. The summed E-state index contributed by atoms with van der Waals surface area (Å²) in [6.07, 6.45) is 0. The number of hydrogen-bond acceptors (Lipinski definition) is 2. The molecule has 1 rings (SSSR count). The van der Waals surface area contributed by atoms with Crippen LogP contribution >= 0.6 is 11.3 Å². The zero-order valence-electron chi connectivity index (χ0n) is 7.38. The monoisotopic (exact) mass is 169 g/mol. The van der Waals surface area contributed by atoms with Crippen LogP contribution in [0.3, 0.4) is 0 Å². The van der Waals surface area contributed by atoms with Gasteiger partial charge in [0.1, 0.15) is 0 Å². The molecule has 1 aromatic rings. The van der Waals surface area contributed by atoms with E-state index in [1.54, 1.807) is 18.4 Å². The highest BCUT2D eigenvalue weighted by Gasteiger charge is 2.11. The second-order valence-corrected chi connectivity index (χ2v) is 4.33. The smallest absolute Gasteiger partial charge is 0.00569 e. The van der Waals surface area contributed by atoms with E-state index in [9.17, 15) is 0 Å². The molecule has 0 aliphatic rings. The van der Waals surface area contributed by atoms with Gasteiger partial charge in [-0.1, -0.05) is 27.8 Å². The van der Waals surface area contributed by atoms with Crippen LogP contribution < -0.4 is 0 Å². The number of thiazole rings is 1. The van der Waals surface area contributed by atoms with Crippen LogP contribution in [0.25, 0.3) is 5.32 Å². The van der Waals surface area contributed by atoms with Crippen molar-refractivity contribution >= 4 is 16.5 Å². The molecule has 0 spiro atoms. The van der Waals surface area contributed by atoms with Crippen molar-refractivity contribution in [3.05, 3.63) is 16.4 Å². The van der Waals surface area contributed by atoms with Gasteiger partial charge in [0.25, 0.3) is 0 Å². The predicted molar refractivity (Wildman–Crippen MR) is 49.8 cm³/mol. The number of aromatic nitrogens is 1. The van der Waals surface area contributed by atoms with Gasteiger partial charge in [0.2, 0.25) is 0 Å². The van der Waals surface area contributed by atoms with Gasteiger partial charge in [0, 0.05) is 0 Å². The standard InChI is InChI=1S/C8H13N2S/c1-8(2,3)6-5-11-7(9-4)10-6/h5H,1-4H3/q-1. The second-order valence-electron chi connectivity index (χ2n) is 3.49. The zero-order valence-corrected chi connectivity index (χ0v) is 8.20. The van der Waals surface area contributed by atoms with Gasteiger partial charge < -0.3 is 10.3 Å². The van der Waals surface area contributed by atoms with E-state index >= 15 is 0 Å². The van der Waals surface area contributed by atoms with E-state index in [1.807, 2.05) is 0 Å². The molecule has 2 nitrogen and oxygen atoms in total. The highest BCUT2D eigenvalue weighted by atomic mass is 32.1. The van der Waals surface area contributed by atoms with Gasteiger partial charge in [-0.2, -0.15) is 11.3 Å². The van der Waals surface area contributed by atoms with Crippen LogP contribution in [0, 0.1) is 0 Å². The maximum Gasteiger partial charge on any atom is -0.00569 e. The molecule has 0 saturated carbocycles. The Labute approximate surface area is 71.7 Å². The lowest BCUT2D eigenvalue weighted by Gasteiger charge is -2.19. The van der Waals surface area contributed by atoms with Crippen molar-refractivity contribution in [2.75, 3.05) is 7.05 Å². The fourth-order valence-corrected chi connectivity index (χ4v) is 1.59. The number of rotatable bonds is 1. The summed E-state index contributed by atoms with van der Waals surface area (Å²) in [6.45, 7) is 6.46. The first-order chi connectivity index (χ1) is 5.04. The van der Waals surface area contributed by atoms with Crippen molar-refractivity contribution in [1.29, 1.82) is 0 Å². The molecule has 62 valence electrons. The average Bonchev–Trinajstić information content (AvgIpc) is 2.32. The number of nitrogens with zero attached hydrogens (tertiary/aromatic N) is 2. The minimum atomic E-state index is 0.152. The highest BCUT2D eigenvalue weighted by Crippen LogP contribution is 2.28. The summed E-state index contributed by atoms with van der Waals surface area (Å²) in [7, 11) is 1.77. The van der Waals surface area contributed by atoms with Crippen LogP contribution in [-0.2, 0) is 5.41 Å². The van der Waals surface area contributed by atoms with E-state index in [2.05, 4.69) is 36.5 Å². The average molecular weight is 169 g/mol. The molecule has 0 N–H and O–H groups in total. The normalized spacial score (nSPS) is 11.6. The molecule has 0 unspecified atom stereocenters. The topological polar surface area (TPSA) is 27.0 Å². The van der Waals surface area contributed by atoms with Gasteiger partial charge in [0.05, 0.1) is 0 Å². The third-order valence-electron chi connectivity index (χ3n) is 1.45. The molecule has 11 heavy (non-hydrogen) atoms. The van der Waals surface area contributed by atoms with Crippen LogP contribution in [-0.4, -0.2) is 12.0 Å². The quantitative estimate of drug-likeness (QED) is 0.634. The maximum atomic E-state index is 4.35. The molecule has 0 radical (unpaired) electrons. The summed E-state index contributed by atoms with van der Waals surface area (Å²) in [4.78, 5) is 4.35. The van der Waals surface area contributed by atoms with E-state index in [0.717, 1.165) is 10.8 Å². The van der Waals surface area contributed by atoms with Crippen LogP contribution in [0.2, 0.25) is 0 Å². The molecule has 0 aromatic carbocycles. The molecule has 0 saturated heterocycles. The molecule has 0 aliphatic heterocycles. The fraction of sp³-hybridized carbons (Fsp3) is 0.625. The van der Waals surface area contributed by atoms with Crippen LogP contribution in [0.1, 0.15) is 26.5 Å². The summed E-state index contributed by atoms with van der Waals surface area (Å²) in [5.74, 6) is 0. The van der Waals surface area contributed by atoms with Gasteiger partial charge in [0.15, 0.2) is 0 Å². The Balaban J connectivity index is 2.89. The molecular formula is C8H13N2S-. The summed E-state index contributed by atoms with van der Waals surface area (Å²) >= 11 is 1.60. The lowest BCUT2D eigenvalue weighted by molar-refractivity contribution is 0.574. The van der Waals surface area contributed by atoms with E-state index in [4.69, 9.17) is 0 Å². The Morgan fingerprint density at radius 1 is 1.45 bits per heavy atom. The Bertz CT molecular complexity index is 234. The largest absolute Gasteiger partial charge is 0.460 e. The fourth-order valence-electron chi connectivity index (χ4n) is 0.711. The lowest BCUT2D eigenvalue weighted by Crippen LogP contribution is -2.10. The minimum Gasteiger partial charge on any atom is -0.460 e. The molecule has 1 heterocycles. The molecule has 1 aromatic heterocycles. The van der Waals surface area contributed by atoms with Crippen LogP contribution in [0.5, 0.6) is 0 Å². The molecule has 3 heteroatoms. The van der Waals surface area contributed by atoms with E-state index in [0.29, 0.717) is 0 Å². The van der Waals surface area contributed by atoms with Gasteiger partial charge in [-0.3, -0.25) is 0 Å². The van der Waals surface area contributed by atoms with Gasteiger partial charge in [-0.15, -0.1) is 0 Å². The van der Waals surface area contributed by atoms with E-state index in [-0.39, 0.29) is 5.41 Å². The van der Waals surface area contributed by atoms with Crippen molar-refractivity contribution in [1.82, 2.24) is 4.98 Å². The first kappa shape index (κ1) is 8.53. The van der Waals surface area contributed by atoms with Crippen molar-refractivity contribution in [2.24, 2.45) is 0 Å². The Kier molecular flexibility index (Phi) is 2.18. The Morgan fingerprint density at radius 3 is 2.36 bits per heavy atom. The lowest BCUT2D eigenvalue weighted by atomic mass is 9.93. The summed E-state index contributed by atoms with van der Waals surface area (Å²) in [6, 6.07) is 0. The summed E-state index contributed by atoms with van der Waals surface area (Å²) < 4.78 is 0. The van der Waals surface area contributed by atoms with Crippen molar-refractivity contribution < 1.29 is 0 Å². The Morgan fingerprint density at radius 2 is 2.09 bits per heavy atom. The predicted octanol–water partition coefficient (Wildman–Crippen LogP) is 3.08. The molecule has 0 aliphatic carbocycles. The van der Waals surface area contributed by atoms with Crippen LogP contribution in [0.4, 0.5) is 5.13 Å². The second kappa shape index (κ2) is 2.81. The summed E-state index contributed by atoms with van der Waals surface area (Å²) in [5.41, 5.74) is 1.28. The minimum absolute atomic E-state index is 0.152. The Hall–Kier alpha value is -0.570. The molecule has 0 bridgehead atoms. The molecule has 0 atom stereocenters. The molecular weight excluding hydrogens is 156 g/mol. The third-order valence-corrected chi connectivity index (χ3v) is 2.28. The number of hydrogen-bond donors (Lipinski definition) is 0. The van der Waals surface area contributed by atoms with Crippen molar-refractivity contribution in [3.8, 4) is 0 Å². The van der Waals surface area contributed by atoms with E-state index < -0.39 is 0 Å². The first-order valence-corrected chi connectivity index (χ1v) is 4.48. The maximum absolute atomic E-state index is 4.35.